The molecule has 0 radical (unpaired) electrons. The molecule has 1 aromatic carbocycles. The lowest BCUT2D eigenvalue weighted by Crippen LogP contribution is -2.42. The number of imide groups is 1. The smallest absolute Gasteiger partial charge is 0.325 e. The average molecular weight is 316 g/mol. The van der Waals surface area contributed by atoms with Gasteiger partial charge >= 0.3 is 6.03 Å². The van der Waals surface area contributed by atoms with Crippen molar-refractivity contribution < 1.29 is 14.4 Å². The molecule has 0 spiro atoms. The number of hydrogen-bond donors (Lipinski definition) is 2. The molecule has 2 rings (SSSR count). The fraction of sp³-hybridized carbons (Fsp3) is 0.250. The number of carbonyl (C=O) groups excluding carboxylic acids is 3. The second kappa shape index (κ2) is 4.96. The largest absolute Gasteiger partial charge is 0.368 e. The van der Waals surface area contributed by atoms with Gasteiger partial charge in [-0.1, -0.05) is 29.3 Å². The van der Waals surface area contributed by atoms with Crippen LogP contribution < -0.4 is 11.1 Å². The summed E-state index contributed by atoms with van der Waals surface area (Å²) in [5.74, 6) is -1.37. The zero-order chi connectivity index (χ0) is 15.1. The van der Waals surface area contributed by atoms with Crippen LogP contribution in [0, 0.1) is 0 Å². The Kier molecular flexibility index (Phi) is 3.62. The second-order valence-corrected chi connectivity index (χ2v) is 5.38. The van der Waals surface area contributed by atoms with Crippen molar-refractivity contribution >= 4 is 41.0 Å². The average Bonchev–Trinajstić information content (AvgIpc) is 2.53. The van der Waals surface area contributed by atoms with E-state index in [0.717, 1.165) is 4.90 Å². The molecule has 1 aliphatic heterocycles. The highest BCUT2D eigenvalue weighted by molar-refractivity contribution is 6.35. The molecule has 0 saturated carbocycles. The van der Waals surface area contributed by atoms with Crippen molar-refractivity contribution in [2.24, 2.45) is 5.73 Å². The minimum Gasteiger partial charge on any atom is -0.368 e. The number of urea groups is 1. The Morgan fingerprint density at radius 2 is 2.05 bits per heavy atom. The summed E-state index contributed by atoms with van der Waals surface area (Å²) >= 11 is 11.9. The molecule has 1 heterocycles. The van der Waals surface area contributed by atoms with Crippen molar-refractivity contribution in [2.45, 2.75) is 12.5 Å². The number of rotatable bonds is 3. The normalized spacial score (nSPS) is 22.1. The van der Waals surface area contributed by atoms with Gasteiger partial charge in [0.25, 0.3) is 5.91 Å². The highest BCUT2D eigenvalue weighted by Gasteiger charge is 2.50. The molecule has 1 aliphatic rings. The monoisotopic (exact) mass is 315 g/mol. The van der Waals surface area contributed by atoms with Crippen LogP contribution in [0.25, 0.3) is 0 Å². The maximum atomic E-state index is 12.4. The van der Waals surface area contributed by atoms with Crippen molar-refractivity contribution in [2.75, 3.05) is 6.54 Å². The lowest BCUT2D eigenvalue weighted by molar-refractivity contribution is -0.134. The molecule has 1 saturated heterocycles. The summed E-state index contributed by atoms with van der Waals surface area (Å²) < 4.78 is 0. The van der Waals surface area contributed by atoms with Gasteiger partial charge in [-0.15, -0.1) is 0 Å². The Morgan fingerprint density at radius 1 is 1.40 bits per heavy atom. The Morgan fingerprint density at radius 3 is 2.60 bits per heavy atom. The quantitative estimate of drug-likeness (QED) is 0.822. The SMILES string of the molecule is C[C@]1(c2ccc(Cl)cc2Cl)NC(=O)N(CC(N)=O)C1=O. The lowest BCUT2D eigenvalue weighted by Gasteiger charge is -2.23. The first-order chi connectivity index (χ1) is 9.25. The highest BCUT2D eigenvalue weighted by atomic mass is 35.5. The van der Waals surface area contributed by atoms with Crippen LogP contribution >= 0.6 is 23.2 Å². The minimum atomic E-state index is -1.35. The molecule has 3 N–H and O–H groups in total. The first-order valence-electron chi connectivity index (χ1n) is 5.63. The van der Waals surface area contributed by atoms with Gasteiger partial charge in [0.2, 0.25) is 5.91 Å². The highest BCUT2D eigenvalue weighted by Crippen LogP contribution is 2.34. The molecule has 1 aromatic rings. The van der Waals surface area contributed by atoms with Gasteiger partial charge < -0.3 is 11.1 Å². The van der Waals surface area contributed by atoms with Crippen LogP contribution in [-0.2, 0) is 15.1 Å². The summed E-state index contributed by atoms with van der Waals surface area (Å²) in [6.07, 6.45) is 0. The van der Waals surface area contributed by atoms with Crippen LogP contribution in [0.1, 0.15) is 12.5 Å². The van der Waals surface area contributed by atoms with Crippen molar-refractivity contribution in [3.05, 3.63) is 33.8 Å². The first-order valence-corrected chi connectivity index (χ1v) is 6.39. The molecule has 6 nitrogen and oxygen atoms in total. The topological polar surface area (TPSA) is 92.5 Å². The number of carbonyl (C=O) groups is 3. The number of nitrogens with one attached hydrogen (secondary N) is 1. The molecule has 1 atom stereocenters. The molecule has 20 heavy (non-hydrogen) atoms. The van der Waals surface area contributed by atoms with E-state index in [1.807, 2.05) is 0 Å². The van der Waals surface area contributed by atoms with Crippen LogP contribution in [0.15, 0.2) is 18.2 Å². The fourth-order valence-corrected chi connectivity index (χ4v) is 2.67. The summed E-state index contributed by atoms with van der Waals surface area (Å²) in [5.41, 5.74) is 4.06. The summed E-state index contributed by atoms with van der Waals surface area (Å²) in [6, 6.07) is 3.89. The standard InChI is InChI=1S/C12H11Cl2N3O3/c1-12(7-3-2-6(13)4-8(7)14)10(19)17(5-9(15)18)11(20)16-12/h2-4H,5H2,1H3,(H2,15,18)(H,16,20)/t12-/m1/s1. The van der Waals surface area contributed by atoms with Gasteiger partial charge in [-0.3, -0.25) is 14.5 Å². The number of nitrogens with two attached hydrogens (primary N) is 1. The van der Waals surface area contributed by atoms with Crippen LogP contribution in [0.3, 0.4) is 0 Å². The molecule has 0 bridgehead atoms. The Labute approximate surface area is 124 Å². The molecular weight excluding hydrogens is 305 g/mol. The van der Waals surface area contributed by atoms with Crippen molar-refractivity contribution in [3.8, 4) is 0 Å². The third kappa shape index (κ3) is 2.32. The van der Waals surface area contributed by atoms with Crippen LogP contribution in [-0.4, -0.2) is 29.3 Å². The number of benzene rings is 1. The van der Waals surface area contributed by atoms with Gasteiger partial charge in [0.05, 0.1) is 0 Å². The molecule has 0 unspecified atom stereocenters. The van der Waals surface area contributed by atoms with Gasteiger partial charge in [-0.2, -0.15) is 0 Å². The predicted molar refractivity (Wildman–Crippen MR) is 73.3 cm³/mol. The van der Waals surface area contributed by atoms with Gasteiger partial charge in [0, 0.05) is 15.6 Å². The maximum absolute atomic E-state index is 12.4. The number of nitrogens with zero attached hydrogens (tertiary/aromatic N) is 1. The van der Waals surface area contributed by atoms with Crippen LogP contribution in [0.2, 0.25) is 10.0 Å². The summed E-state index contributed by atoms with van der Waals surface area (Å²) in [6.45, 7) is 1.02. The summed E-state index contributed by atoms with van der Waals surface area (Å²) in [4.78, 5) is 35.8. The third-order valence-corrected chi connectivity index (χ3v) is 3.61. The van der Waals surface area contributed by atoms with E-state index in [1.165, 1.54) is 13.0 Å². The third-order valence-electron chi connectivity index (χ3n) is 3.06. The first kappa shape index (κ1) is 14.6. The Balaban J connectivity index is 2.43. The van der Waals surface area contributed by atoms with E-state index in [1.54, 1.807) is 12.1 Å². The van der Waals surface area contributed by atoms with Crippen molar-refractivity contribution in [3.63, 3.8) is 0 Å². The molecule has 0 aliphatic carbocycles. The number of hydrogen-bond acceptors (Lipinski definition) is 3. The lowest BCUT2D eigenvalue weighted by atomic mass is 9.92. The van der Waals surface area contributed by atoms with E-state index in [2.05, 4.69) is 5.32 Å². The number of primary amides is 1. The van der Waals surface area contributed by atoms with Crippen LogP contribution in [0.4, 0.5) is 4.79 Å². The zero-order valence-corrected chi connectivity index (χ0v) is 12.0. The van der Waals surface area contributed by atoms with Gasteiger partial charge in [0.1, 0.15) is 12.1 Å². The van der Waals surface area contributed by atoms with E-state index < -0.39 is 29.9 Å². The van der Waals surface area contributed by atoms with Crippen LogP contribution in [0.5, 0.6) is 0 Å². The molecule has 0 aromatic heterocycles. The fourth-order valence-electron chi connectivity index (χ4n) is 2.07. The molecule has 106 valence electrons. The Bertz CT molecular complexity index is 620. The second-order valence-electron chi connectivity index (χ2n) is 4.54. The predicted octanol–water partition coefficient (Wildman–Crippen LogP) is 1.25. The van der Waals surface area contributed by atoms with Gasteiger partial charge in [0.15, 0.2) is 0 Å². The molecular formula is C12H11Cl2N3O3. The van der Waals surface area contributed by atoms with Gasteiger partial charge in [-0.25, -0.2) is 4.79 Å². The van der Waals surface area contributed by atoms with E-state index >= 15 is 0 Å². The molecule has 8 heteroatoms. The van der Waals surface area contributed by atoms with Gasteiger partial charge in [-0.05, 0) is 19.1 Å². The van der Waals surface area contributed by atoms with E-state index in [0.29, 0.717) is 10.6 Å². The van der Waals surface area contributed by atoms with E-state index in [-0.39, 0.29) is 5.02 Å². The summed E-state index contributed by atoms with van der Waals surface area (Å²) in [7, 11) is 0. The van der Waals surface area contributed by atoms with E-state index in [4.69, 9.17) is 28.9 Å². The number of amides is 4. The molecule has 1 fully saturated rings. The minimum absolute atomic E-state index is 0.245. The summed E-state index contributed by atoms with van der Waals surface area (Å²) in [5, 5.41) is 3.17. The zero-order valence-electron chi connectivity index (χ0n) is 10.4. The van der Waals surface area contributed by atoms with E-state index in [9.17, 15) is 14.4 Å². The van der Waals surface area contributed by atoms with Crippen molar-refractivity contribution in [1.82, 2.24) is 10.2 Å². The number of halogens is 2. The Hall–Kier alpha value is -1.79. The molecule has 4 amide bonds. The van der Waals surface area contributed by atoms with Crippen molar-refractivity contribution in [1.29, 1.82) is 0 Å². The maximum Gasteiger partial charge on any atom is 0.325 e.